The predicted molar refractivity (Wildman–Crippen MR) is 95.4 cm³/mol. The lowest BCUT2D eigenvalue weighted by atomic mass is 9.99. The first kappa shape index (κ1) is 15.7. The lowest BCUT2D eigenvalue weighted by Gasteiger charge is -2.21. The molecule has 0 aliphatic carbocycles. The fourth-order valence-electron chi connectivity index (χ4n) is 2.78. The van der Waals surface area contributed by atoms with E-state index in [-0.39, 0.29) is 11.8 Å². The standard InChI is InChI=1S/C19H17N3O2/c1-12(23)22(13(2)24)19-18(14-7-9-16(20)10-8-14)17-6-4-3-5-15(17)11-21-19/h3-11H,20H2,1-2H3. The molecule has 3 rings (SSSR count). The number of carbonyl (C=O) groups is 2. The van der Waals surface area contributed by atoms with E-state index in [0.29, 0.717) is 11.5 Å². The van der Waals surface area contributed by atoms with Crippen molar-refractivity contribution in [1.82, 2.24) is 4.98 Å². The molecule has 120 valence electrons. The van der Waals surface area contributed by atoms with Crippen molar-refractivity contribution in [3.05, 3.63) is 54.7 Å². The summed E-state index contributed by atoms with van der Waals surface area (Å²) in [6.07, 6.45) is 1.67. The first-order chi connectivity index (χ1) is 11.5. The zero-order chi connectivity index (χ0) is 17.3. The second-order valence-electron chi connectivity index (χ2n) is 5.54. The molecule has 0 spiro atoms. The summed E-state index contributed by atoms with van der Waals surface area (Å²) in [7, 11) is 0. The number of hydrogen-bond donors (Lipinski definition) is 1. The van der Waals surface area contributed by atoms with Gasteiger partial charge in [0.05, 0.1) is 0 Å². The van der Waals surface area contributed by atoms with Gasteiger partial charge in [0.15, 0.2) is 5.82 Å². The molecule has 0 atom stereocenters. The predicted octanol–water partition coefficient (Wildman–Crippen LogP) is 3.38. The molecule has 1 aromatic heterocycles. The molecule has 2 aromatic carbocycles. The number of imide groups is 1. The van der Waals surface area contributed by atoms with Crippen LogP contribution in [-0.4, -0.2) is 16.8 Å². The van der Waals surface area contributed by atoms with E-state index in [1.807, 2.05) is 36.4 Å². The number of fused-ring (bicyclic) bond motifs is 1. The Balaban J connectivity index is 2.37. The van der Waals surface area contributed by atoms with Crippen LogP contribution in [0.2, 0.25) is 0 Å². The Morgan fingerprint density at radius 1 is 0.958 bits per heavy atom. The Kier molecular flexibility index (Phi) is 4.00. The molecule has 5 nitrogen and oxygen atoms in total. The smallest absolute Gasteiger partial charge is 0.231 e. The number of anilines is 2. The maximum absolute atomic E-state index is 12.0. The molecule has 2 amide bonds. The molecule has 0 unspecified atom stereocenters. The van der Waals surface area contributed by atoms with Crippen molar-refractivity contribution in [3.8, 4) is 11.1 Å². The SMILES string of the molecule is CC(=O)N(C(C)=O)c1ncc2ccccc2c1-c1ccc(N)cc1. The van der Waals surface area contributed by atoms with E-state index in [1.165, 1.54) is 13.8 Å². The van der Waals surface area contributed by atoms with Gasteiger partial charge in [0.2, 0.25) is 11.8 Å². The highest BCUT2D eigenvalue weighted by molar-refractivity contribution is 6.17. The molecule has 24 heavy (non-hydrogen) atoms. The van der Waals surface area contributed by atoms with Gasteiger partial charge in [0, 0.05) is 36.7 Å². The third kappa shape index (κ3) is 2.72. The summed E-state index contributed by atoms with van der Waals surface area (Å²) in [5, 5.41) is 1.85. The highest BCUT2D eigenvalue weighted by Gasteiger charge is 2.23. The monoisotopic (exact) mass is 319 g/mol. The molecule has 0 aliphatic heterocycles. The Labute approximate surface area is 139 Å². The minimum absolute atomic E-state index is 0.332. The fourth-order valence-corrected chi connectivity index (χ4v) is 2.78. The Hall–Kier alpha value is -3.21. The van der Waals surface area contributed by atoms with Gasteiger partial charge in [-0.15, -0.1) is 0 Å². The molecule has 5 heteroatoms. The van der Waals surface area contributed by atoms with Crippen molar-refractivity contribution in [1.29, 1.82) is 0 Å². The van der Waals surface area contributed by atoms with Crippen LogP contribution in [0.5, 0.6) is 0 Å². The highest BCUT2D eigenvalue weighted by Crippen LogP contribution is 2.36. The molecule has 0 saturated heterocycles. The fraction of sp³-hybridized carbons (Fsp3) is 0.105. The van der Waals surface area contributed by atoms with E-state index in [9.17, 15) is 9.59 Å². The maximum atomic E-state index is 12.0. The van der Waals surface area contributed by atoms with Crippen LogP contribution in [0.1, 0.15) is 13.8 Å². The van der Waals surface area contributed by atoms with Crippen molar-refractivity contribution in [2.75, 3.05) is 10.6 Å². The summed E-state index contributed by atoms with van der Waals surface area (Å²) < 4.78 is 0. The van der Waals surface area contributed by atoms with Crippen LogP contribution >= 0.6 is 0 Å². The second kappa shape index (κ2) is 6.12. The topological polar surface area (TPSA) is 76.3 Å². The average molecular weight is 319 g/mol. The van der Waals surface area contributed by atoms with Gasteiger partial charge < -0.3 is 5.73 Å². The molecule has 0 saturated carbocycles. The normalized spacial score (nSPS) is 10.6. The Morgan fingerprint density at radius 2 is 1.58 bits per heavy atom. The van der Waals surface area contributed by atoms with E-state index >= 15 is 0 Å². The number of carbonyl (C=O) groups excluding carboxylic acids is 2. The van der Waals surface area contributed by atoms with Crippen molar-refractivity contribution >= 4 is 34.1 Å². The quantitative estimate of drug-likeness (QED) is 0.735. The van der Waals surface area contributed by atoms with E-state index in [1.54, 1.807) is 18.3 Å². The number of nitrogens with two attached hydrogens (primary N) is 1. The van der Waals surface area contributed by atoms with Crippen molar-refractivity contribution in [3.63, 3.8) is 0 Å². The minimum atomic E-state index is -0.373. The molecule has 0 fully saturated rings. The average Bonchev–Trinajstić information content (AvgIpc) is 2.55. The van der Waals surface area contributed by atoms with Crippen LogP contribution in [-0.2, 0) is 9.59 Å². The number of benzene rings is 2. The van der Waals surface area contributed by atoms with Crippen molar-refractivity contribution < 1.29 is 9.59 Å². The van der Waals surface area contributed by atoms with Gasteiger partial charge in [0.1, 0.15) is 0 Å². The van der Waals surface area contributed by atoms with E-state index in [4.69, 9.17) is 5.73 Å². The van der Waals surface area contributed by atoms with Crippen LogP contribution in [0.4, 0.5) is 11.5 Å². The summed E-state index contributed by atoms with van der Waals surface area (Å²) in [6.45, 7) is 2.70. The van der Waals surface area contributed by atoms with Crippen molar-refractivity contribution in [2.45, 2.75) is 13.8 Å². The number of hydrogen-bond acceptors (Lipinski definition) is 4. The number of pyridine rings is 1. The molecule has 3 aromatic rings. The van der Waals surface area contributed by atoms with Gasteiger partial charge >= 0.3 is 0 Å². The van der Waals surface area contributed by atoms with Crippen LogP contribution in [0.25, 0.3) is 21.9 Å². The molecule has 1 heterocycles. The largest absolute Gasteiger partial charge is 0.399 e. The molecular weight excluding hydrogens is 302 g/mol. The zero-order valence-corrected chi connectivity index (χ0v) is 13.5. The maximum Gasteiger partial charge on any atom is 0.231 e. The number of rotatable bonds is 2. The molecule has 0 aliphatic rings. The summed E-state index contributed by atoms with van der Waals surface area (Å²) in [5.41, 5.74) is 8.00. The number of aromatic nitrogens is 1. The minimum Gasteiger partial charge on any atom is -0.399 e. The van der Waals surface area contributed by atoms with Crippen LogP contribution in [0.3, 0.4) is 0 Å². The van der Waals surface area contributed by atoms with Gasteiger partial charge in [0.25, 0.3) is 0 Å². The lowest BCUT2D eigenvalue weighted by molar-refractivity contribution is -0.124. The van der Waals surface area contributed by atoms with Crippen LogP contribution in [0.15, 0.2) is 54.7 Å². The molecule has 0 bridgehead atoms. The van der Waals surface area contributed by atoms with E-state index in [0.717, 1.165) is 26.8 Å². The number of nitrogens with zero attached hydrogens (tertiary/aromatic N) is 2. The van der Waals surface area contributed by atoms with Gasteiger partial charge in [-0.05, 0) is 23.1 Å². The number of amides is 2. The first-order valence-corrected chi connectivity index (χ1v) is 7.54. The van der Waals surface area contributed by atoms with Gasteiger partial charge in [-0.1, -0.05) is 36.4 Å². The zero-order valence-electron chi connectivity index (χ0n) is 13.5. The summed E-state index contributed by atoms with van der Waals surface area (Å²) in [4.78, 5) is 29.5. The molecule has 2 N–H and O–H groups in total. The van der Waals surface area contributed by atoms with Crippen LogP contribution in [0, 0.1) is 0 Å². The van der Waals surface area contributed by atoms with Gasteiger partial charge in [-0.3, -0.25) is 9.59 Å². The van der Waals surface area contributed by atoms with E-state index in [2.05, 4.69) is 4.98 Å². The first-order valence-electron chi connectivity index (χ1n) is 7.54. The van der Waals surface area contributed by atoms with Crippen LogP contribution < -0.4 is 10.6 Å². The van der Waals surface area contributed by atoms with E-state index < -0.39 is 0 Å². The molecular formula is C19H17N3O2. The molecule has 0 radical (unpaired) electrons. The Morgan fingerprint density at radius 3 is 2.21 bits per heavy atom. The Bertz CT molecular complexity index is 919. The summed E-state index contributed by atoms with van der Waals surface area (Å²) in [5.74, 6) is -0.414. The highest BCUT2D eigenvalue weighted by atomic mass is 16.2. The summed E-state index contributed by atoms with van der Waals surface area (Å²) in [6, 6.07) is 15.0. The third-order valence-electron chi connectivity index (χ3n) is 3.82. The summed E-state index contributed by atoms with van der Waals surface area (Å²) >= 11 is 0. The van der Waals surface area contributed by atoms with Gasteiger partial charge in [-0.2, -0.15) is 0 Å². The second-order valence-corrected chi connectivity index (χ2v) is 5.54. The third-order valence-corrected chi connectivity index (χ3v) is 3.82. The lowest BCUT2D eigenvalue weighted by Crippen LogP contribution is -2.34. The number of nitrogen functional groups attached to an aromatic ring is 1. The van der Waals surface area contributed by atoms with Gasteiger partial charge in [-0.25, -0.2) is 9.88 Å². The van der Waals surface area contributed by atoms with Crippen molar-refractivity contribution in [2.24, 2.45) is 0 Å².